The molecular formula is C37H63O10P. The third-order valence-corrected chi connectivity index (χ3v) is 7.92. The summed E-state index contributed by atoms with van der Waals surface area (Å²) < 4.78 is 32.3. The van der Waals surface area contributed by atoms with Crippen molar-refractivity contribution in [1.82, 2.24) is 0 Å². The molecule has 48 heavy (non-hydrogen) atoms. The monoisotopic (exact) mass is 698 g/mol. The van der Waals surface area contributed by atoms with Crippen LogP contribution in [0.5, 0.6) is 0 Å². The molecule has 0 heterocycles. The fraction of sp³-hybridized carbons (Fsp3) is 0.676. The summed E-state index contributed by atoms with van der Waals surface area (Å²) in [5, 5.41) is 18.2. The van der Waals surface area contributed by atoms with Gasteiger partial charge in [0.15, 0.2) is 6.10 Å². The van der Waals surface area contributed by atoms with Crippen LogP contribution in [0.2, 0.25) is 0 Å². The predicted octanol–water partition coefficient (Wildman–Crippen LogP) is 8.38. The maximum Gasteiger partial charge on any atom is 0.472 e. The number of phosphoric ester groups is 1. The van der Waals surface area contributed by atoms with Gasteiger partial charge in [0.25, 0.3) is 0 Å². The van der Waals surface area contributed by atoms with Crippen LogP contribution in [-0.4, -0.2) is 65.7 Å². The standard InChI is InChI=1S/C37H63O10P/c1-3-5-7-9-11-13-15-16-17-18-19-21-23-25-27-29-37(41)47-35(33-46-48(42,43)45-31-34(39)30-38)32-44-36(40)28-26-24-22-20-14-12-10-8-6-4-2/h5,7,11,13,16-17,19,21,25,27,34-35,38-39H,3-4,6,8-10,12,14-15,18,20,22-24,26,28-33H2,1-2H3,(H,42,43)/b7-5-,13-11-,17-16-,21-19-,27-25-. The lowest BCUT2D eigenvalue weighted by Gasteiger charge is -2.20. The molecule has 0 aliphatic carbocycles. The maximum absolute atomic E-state index is 12.5. The zero-order valence-corrected chi connectivity index (χ0v) is 30.3. The van der Waals surface area contributed by atoms with Crippen molar-refractivity contribution in [3.63, 3.8) is 0 Å². The SMILES string of the molecule is CC/C=C\C/C=C\C/C=C\C/C=C\C/C=C\CC(=O)OC(COC(=O)CCCCCCCCCCCC)COP(=O)(O)OCC(O)CO. The van der Waals surface area contributed by atoms with Crippen molar-refractivity contribution >= 4 is 19.8 Å². The Bertz CT molecular complexity index is 989. The molecule has 11 heteroatoms. The molecule has 3 unspecified atom stereocenters. The molecule has 0 fully saturated rings. The van der Waals surface area contributed by atoms with Crippen LogP contribution in [0.3, 0.4) is 0 Å². The molecule has 10 nitrogen and oxygen atoms in total. The lowest BCUT2D eigenvalue weighted by molar-refractivity contribution is -0.160. The minimum atomic E-state index is -4.63. The third kappa shape index (κ3) is 32.2. The third-order valence-electron chi connectivity index (χ3n) is 6.97. The van der Waals surface area contributed by atoms with E-state index in [-0.39, 0.29) is 19.4 Å². The van der Waals surface area contributed by atoms with Gasteiger partial charge in [0.1, 0.15) is 12.7 Å². The second-order valence-corrected chi connectivity index (χ2v) is 13.0. The van der Waals surface area contributed by atoms with E-state index in [1.54, 1.807) is 6.08 Å². The van der Waals surface area contributed by atoms with Crippen LogP contribution in [0.25, 0.3) is 0 Å². The molecular weight excluding hydrogens is 635 g/mol. The lowest BCUT2D eigenvalue weighted by Crippen LogP contribution is -2.29. The zero-order valence-electron chi connectivity index (χ0n) is 29.4. The van der Waals surface area contributed by atoms with Crippen molar-refractivity contribution in [2.45, 2.75) is 135 Å². The molecule has 0 aliphatic rings. The van der Waals surface area contributed by atoms with Crippen molar-refractivity contribution in [3.05, 3.63) is 60.8 Å². The fourth-order valence-corrected chi connectivity index (χ4v) is 5.03. The first-order chi connectivity index (χ1) is 23.2. The van der Waals surface area contributed by atoms with Crippen molar-refractivity contribution in [2.24, 2.45) is 0 Å². The number of unbranched alkanes of at least 4 members (excludes halogenated alkanes) is 9. The number of rotatable bonds is 32. The highest BCUT2D eigenvalue weighted by Gasteiger charge is 2.27. The van der Waals surface area contributed by atoms with Crippen LogP contribution in [0.1, 0.15) is 123 Å². The lowest BCUT2D eigenvalue weighted by atomic mass is 10.1. The van der Waals surface area contributed by atoms with Gasteiger partial charge in [0.05, 0.1) is 26.2 Å². The summed E-state index contributed by atoms with van der Waals surface area (Å²) in [5.74, 6) is -1.08. The van der Waals surface area contributed by atoms with E-state index in [4.69, 9.17) is 19.1 Å². The zero-order chi connectivity index (χ0) is 35.6. The van der Waals surface area contributed by atoms with Gasteiger partial charge in [-0.05, 0) is 38.5 Å². The van der Waals surface area contributed by atoms with Crippen molar-refractivity contribution in [3.8, 4) is 0 Å². The summed E-state index contributed by atoms with van der Waals surface area (Å²) in [7, 11) is -4.63. The van der Waals surface area contributed by atoms with E-state index in [2.05, 4.69) is 54.8 Å². The molecule has 0 aromatic carbocycles. The molecule has 0 saturated heterocycles. The van der Waals surface area contributed by atoms with Gasteiger partial charge < -0.3 is 24.6 Å². The number of ether oxygens (including phenoxy) is 2. The first-order valence-electron chi connectivity index (χ1n) is 17.7. The average molecular weight is 699 g/mol. The fourth-order valence-electron chi connectivity index (χ4n) is 4.24. The predicted molar refractivity (Wildman–Crippen MR) is 191 cm³/mol. The second kappa shape index (κ2) is 33.2. The first kappa shape index (κ1) is 45.7. The van der Waals surface area contributed by atoms with E-state index in [0.717, 1.165) is 44.9 Å². The van der Waals surface area contributed by atoms with Crippen LogP contribution in [0.4, 0.5) is 0 Å². The number of allylic oxidation sites excluding steroid dienone is 9. The topological polar surface area (TPSA) is 149 Å². The first-order valence-corrected chi connectivity index (χ1v) is 19.2. The van der Waals surface area contributed by atoms with E-state index in [1.165, 1.54) is 38.5 Å². The largest absolute Gasteiger partial charge is 0.472 e. The number of hydrogen-bond acceptors (Lipinski definition) is 9. The van der Waals surface area contributed by atoms with Gasteiger partial charge >= 0.3 is 19.8 Å². The van der Waals surface area contributed by atoms with Gasteiger partial charge in [-0.3, -0.25) is 18.6 Å². The molecule has 0 aliphatic heterocycles. The summed E-state index contributed by atoms with van der Waals surface area (Å²) in [6.07, 6.45) is 33.7. The van der Waals surface area contributed by atoms with Crippen LogP contribution in [-0.2, 0) is 32.7 Å². The minimum Gasteiger partial charge on any atom is -0.462 e. The molecule has 0 spiro atoms. The molecule has 0 radical (unpaired) electrons. The smallest absolute Gasteiger partial charge is 0.462 e. The Labute approximate surface area is 289 Å². The molecule has 0 bridgehead atoms. The molecule has 0 amide bonds. The number of hydrogen-bond donors (Lipinski definition) is 3. The van der Waals surface area contributed by atoms with Crippen LogP contribution < -0.4 is 0 Å². The number of aliphatic hydroxyl groups excluding tert-OH is 2. The minimum absolute atomic E-state index is 0.0491. The summed E-state index contributed by atoms with van der Waals surface area (Å²) in [4.78, 5) is 34.6. The van der Waals surface area contributed by atoms with Crippen molar-refractivity contribution < 1.29 is 47.8 Å². The van der Waals surface area contributed by atoms with Crippen LogP contribution in [0.15, 0.2) is 60.8 Å². The van der Waals surface area contributed by atoms with E-state index >= 15 is 0 Å². The van der Waals surface area contributed by atoms with E-state index in [0.29, 0.717) is 12.8 Å². The Morgan fingerprint density at radius 3 is 1.65 bits per heavy atom. The summed E-state index contributed by atoms with van der Waals surface area (Å²) in [5.41, 5.74) is 0. The summed E-state index contributed by atoms with van der Waals surface area (Å²) in [6.45, 7) is 2.10. The molecule has 3 N–H and O–H groups in total. The van der Waals surface area contributed by atoms with Gasteiger partial charge in [-0.1, -0.05) is 132 Å². The number of aliphatic hydroxyl groups is 2. The van der Waals surface area contributed by atoms with Gasteiger partial charge in [0.2, 0.25) is 0 Å². The number of carbonyl (C=O) groups excluding carboxylic acids is 2. The van der Waals surface area contributed by atoms with E-state index < -0.39 is 51.8 Å². The van der Waals surface area contributed by atoms with E-state index in [9.17, 15) is 24.2 Å². The highest BCUT2D eigenvalue weighted by molar-refractivity contribution is 7.47. The number of carbonyl (C=O) groups is 2. The van der Waals surface area contributed by atoms with Crippen molar-refractivity contribution in [1.29, 1.82) is 0 Å². The molecule has 0 saturated carbocycles. The highest BCUT2D eigenvalue weighted by Crippen LogP contribution is 2.43. The highest BCUT2D eigenvalue weighted by atomic mass is 31.2. The Hall–Kier alpha value is -2.33. The Balaban J connectivity index is 4.58. The molecule has 0 aromatic heterocycles. The Morgan fingerprint density at radius 1 is 0.646 bits per heavy atom. The molecule has 0 aromatic rings. The van der Waals surface area contributed by atoms with Gasteiger partial charge in [-0.15, -0.1) is 0 Å². The Morgan fingerprint density at radius 2 is 1.12 bits per heavy atom. The maximum atomic E-state index is 12.5. The summed E-state index contributed by atoms with van der Waals surface area (Å²) >= 11 is 0. The molecule has 276 valence electrons. The Kier molecular flexibility index (Phi) is 31.6. The average Bonchev–Trinajstić information content (AvgIpc) is 3.07. The van der Waals surface area contributed by atoms with Gasteiger partial charge in [-0.25, -0.2) is 4.57 Å². The second-order valence-electron chi connectivity index (χ2n) is 11.5. The van der Waals surface area contributed by atoms with Crippen LogP contribution in [0, 0.1) is 0 Å². The molecule has 3 atom stereocenters. The van der Waals surface area contributed by atoms with Gasteiger partial charge in [0, 0.05) is 6.42 Å². The van der Waals surface area contributed by atoms with Crippen LogP contribution >= 0.6 is 7.82 Å². The molecule has 0 rings (SSSR count). The van der Waals surface area contributed by atoms with E-state index in [1.807, 2.05) is 18.2 Å². The normalized spacial score (nSPS) is 14.9. The number of esters is 2. The number of phosphoric acid groups is 1. The van der Waals surface area contributed by atoms with Crippen molar-refractivity contribution in [2.75, 3.05) is 26.4 Å². The quantitative estimate of drug-likeness (QED) is 0.0271. The summed E-state index contributed by atoms with van der Waals surface area (Å²) in [6, 6.07) is 0. The van der Waals surface area contributed by atoms with Gasteiger partial charge in [-0.2, -0.15) is 0 Å².